The normalized spacial score (nSPS) is 25.8. The Morgan fingerprint density at radius 3 is 2.46 bits per heavy atom. The van der Waals surface area contributed by atoms with Crippen molar-refractivity contribution in [3.05, 3.63) is 71.3 Å². The van der Waals surface area contributed by atoms with Crippen LogP contribution < -0.4 is 9.80 Å². The second-order valence-electron chi connectivity index (χ2n) is 8.43. The highest BCUT2D eigenvalue weighted by Gasteiger charge is 2.26. The van der Waals surface area contributed by atoms with Gasteiger partial charge in [-0.3, -0.25) is 0 Å². The van der Waals surface area contributed by atoms with Crippen LogP contribution in [0.5, 0.6) is 0 Å². The van der Waals surface area contributed by atoms with Gasteiger partial charge in [0.05, 0.1) is 12.7 Å². The molecule has 1 aliphatic heterocycles. The molecule has 1 heterocycles. The number of quaternary nitrogens is 2. The Balaban J connectivity index is 1.19. The van der Waals surface area contributed by atoms with Crippen molar-refractivity contribution in [2.45, 2.75) is 38.0 Å². The number of rotatable bonds is 7. The minimum absolute atomic E-state index is 0.154. The molecule has 3 N–H and O–H groups in total. The van der Waals surface area contributed by atoms with Crippen LogP contribution >= 0.6 is 0 Å². The van der Waals surface area contributed by atoms with Crippen LogP contribution in [0.25, 0.3) is 0 Å². The Bertz CT molecular complexity index is 728. The van der Waals surface area contributed by atoms with E-state index in [2.05, 4.69) is 54.6 Å². The summed E-state index contributed by atoms with van der Waals surface area (Å²) in [6.07, 6.45) is 3.17. The molecule has 2 atom stereocenters. The van der Waals surface area contributed by atoms with Crippen molar-refractivity contribution < 1.29 is 19.6 Å². The molecule has 0 bridgehead atoms. The average molecular weight is 383 g/mol. The molecule has 0 unspecified atom stereocenters. The molecule has 1 saturated heterocycles. The van der Waals surface area contributed by atoms with Crippen LogP contribution in [-0.4, -0.2) is 50.5 Å². The van der Waals surface area contributed by atoms with Gasteiger partial charge in [-0.1, -0.05) is 54.6 Å². The highest BCUT2D eigenvalue weighted by Crippen LogP contribution is 2.32. The van der Waals surface area contributed by atoms with Crippen LogP contribution in [0.3, 0.4) is 0 Å². The number of aliphatic hydroxyl groups excluding tert-OH is 1. The molecule has 1 fully saturated rings. The van der Waals surface area contributed by atoms with Gasteiger partial charge in [-0.25, -0.2) is 0 Å². The number of nitrogens with one attached hydrogen (secondary N) is 2. The van der Waals surface area contributed by atoms with E-state index >= 15 is 0 Å². The SMILES string of the molecule is O[C@H](CO[C@H]1CCCc2ccccc21)C[NH+]1CC[NH+](Cc2ccccc2)CC1. The second-order valence-corrected chi connectivity index (χ2v) is 8.43. The predicted octanol–water partition coefficient (Wildman–Crippen LogP) is 0.425. The fourth-order valence-corrected chi connectivity index (χ4v) is 4.72. The third kappa shape index (κ3) is 5.21. The molecule has 2 aromatic carbocycles. The number of piperazine rings is 1. The molecule has 0 spiro atoms. The monoisotopic (exact) mass is 382 g/mol. The lowest BCUT2D eigenvalue weighted by atomic mass is 9.89. The quantitative estimate of drug-likeness (QED) is 0.650. The molecule has 2 aliphatic rings. The zero-order valence-electron chi connectivity index (χ0n) is 16.8. The van der Waals surface area contributed by atoms with Gasteiger partial charge < -0.3 is 19.6 Å². The van der Waals surface area contributed by atoms with E-state index in [1.807, 2.05) is 0 Å². The van der Waals surface area contributed by atoms with E-state index in [0.29, 0.717) is 6.61 Å². The summed E-state index contributed by atoms with van der Waals surface area (Å²) in [5.74, 6) is 0. The molecule has 28 heavy (non-hydrogen) atoms. The zero-order chi connectivity index (χ0) is 19.2. The summed E-state index contributed by atoms with van der Waals surface area (Å²) >= 11 is 0. The topological polar surface area (TPSA) is 38.3 Å². The van der Waals surface area contributed by atoms with E-state index in [9.17, 15) is 5.11 Å². The molecule has 0 radical (unpaired) electrons. The Kier molecular flexibility index (Phi) is 6.76. The fourth-order valence-electron chi connectivity index (χ4n) is 4.72. The summed E-state index contributed by atoms with van der Waals surface area (Å²) in [6.45, 7) is 6.97. The van der Waals surface area contributed by atoms with E-state index in [1.165, 1.54) is 41.1 Å². The van der Waals surface area contributed by atoms with Gasteiger partial charge in [-0.15, -0.1) is 0 Å². The molecular weight excluding hydrogens is 348 g/mol. The highest BCUT2D eigenvalue weighted by molar-refractivity contribution is 5.31. The molecule has 4 heteroatoms. The number of benzene rings is 2. The fraction of sp³-hybridized carbons (Fsp3) is 0.500. The minimum atomic E-state index is -0.375. The maximum Gasteiger partial charge on any atom is 0.127 e. The molecule has 2 aromatic rings. The number of ether oxygens (including phenoxy) is 1. The van der Waals surface area contributed by atoms with Gasteiger partial charge in [-0.05, 0) is 30.4 Å². The average Bonchev–Trinajstić information content (AvgIpc) is 2.74. The molecule has 150 valence electrons. The standard InChI is InChI=1S/C24H32N2O2/c27-22(19-28-24-12-6-10-21-9-4-5-11-23(21)24)18-26-15-13-25(14-16-26)17-20-7-2-1-3-8-20/h1-5,7-9,11,22,24,27H,6,10,12-19H2/p+2/t22-,24-/m0/s1. The Hall–Kier alpha value is -1.72. The molecular formula is C24H34N2O2+2. The number of fused-ring (bicyclic) bond motifs is 1. The van der Waals surface area contributed by atoms with Crippen molar-refractivity contribution in [1.82, 2.24) is 0 Å². The Labute approximate surface area is 168 Å². The third-order valence-corrected chi connectivity index (χ3v) is 6.29. The second kappa shape index (κ2) is 9.66. The zero-order valence-corrected chi connectivity index (χ0v) is 16.8. The van der Waals surface area contributed by atoms with E-state index < -0.39 is 0 Å². The predicted molar refractivity (Wildman–Crippen MR) is 110 cm³/mol. The molecule has 4 rings (SSSR count). The number of aliphatic hydroxyl groups is 1. The minimum Gasteiger partial charge on any atom is -0.385 e. The molecule has 0 aromatic heterocycles. The van der Waals surface area contributed by atoms with E-state index in [1.54, 1.807) is 4.90 Å². The highest BCUT2D eigenvalue weighted by atomic mass is 16.5. The summed E-state index contributed by atoms with van der Waals surface area (Å²) in [5.41, 5.74) is 4.16. The maximum atomic E-state index is 10.5. The molecule has 1 aliphatic carbocycles. The van der Waals surface area contributed by atoms with Crippen molar-refractivity contribution >= 4 is 0 Å². The first-order valence-electron chi connectivity index (χ1n) is 10.9. The van der Waals surface area contributed by atoms with Gasteiger partial charge in [0.2, 0.25) is 0 Å². The summed E-state index contributed by atoms with van der Waals surface area (Å²) in [5, 5.41) is 10.5. The van der Waals surface area contributed by atoms with Gasteiger partial charge in [-0.2, -0.15) is 0 Å². The van der Waals surface area contributed by atoms with Gasteiger partial charge in [0, 0.05) is 5.56 Å². The Morgan fingerprint density at radius 1 is 0.929 bits per heavy atom. The van der Waals surface area contributed by atoms with Crippen LogP contribution in [0.2, 0.25) is 0 Å². The Morgan fingerprint density at radius 2 is 1.64 bits per heavy atom. The van der Waals surface area contributed by atoms with Crippen molar-refractivity contribution in [2.75, 3.05) is 39.3 Å². The van der Waals surface area contributed by atoms with Crippen LogP contribution in [0.1, 0.15) is 35.6 Å². The van der Waals surface area contributed by atoms with Crippen molar-refractivity contribution in [1.29, 1.82) is 0 Å². The van der Waals surface area contributed by atoms with Gasteiger partial charge in [0.15, 0.2) is 0 Å². The van der Waals surface area contributed by atoms with Crippen molar-refractivity contribution in [3.8, 4) is 0 Å². The lowest BCUT2D eigenvalue weighted by molar-refractivity contribution is -1.02. The van der Waals surface area contributed by atoms with Crippen LogP contribution in [0.15, 0.2) is 54.6 Å². The number of hydrogen-bond acceptors (Lipinski definition) is 2. The van der Waals surface area contributed by atoms with E-state index in [-0.39, 0.29) is 12.2 Å². The first-order valence-corrected chi connectivity index (χ1v) is 10.9. The third-order valence-electron chi connectivity index (χ3n) is 6.29. The van der Waals surface area contributed by atoms with Crippen LogP contribution in [0.4, 0.5) is 0 Å². The van der Waals surface area contributed by atoms with Gasteiger partial charge >= 0.3 is 0 Å². The first kappa shape index (κ1) is 19.6. The van der Waals surface area contributed by atoms with Crippen LogP contribution in [0, 0.1) is 0 Å². The van der Waals surface area contributed by atoms with Crippen LogP contribution in [-0.2, 0) is 17.7 Å². The van der Waals surface area contributed by atoms with E-state index in [0.717, 1.165) is 39.0 Å². The molecule has 0 saturated carbocycles. The summed E-state index contributed by atoms with van der Waals surface area (Å²) in [7, 11) is 0. The molecule has 0 amide bonds. The lowest BCUT2D eigenvalue weighted by Crippen LogP contribution is -3.28. The van der Waals surface area contributed by atoms with Gasteiger partial charge in [0.1, 0.15) is 45.4 Å². The largest absolute Gasteiger partial charge is 0.385 e. The summed E-state index contributed by atoms with van der Waals surface area (Å²) in [6, 6.07) is 19.4. The molecule has 4 nitrogen and oxygen atoms in total. The number of hydrogen-bond donors (Lipinski definition) is 3. The smallest absolute Gasteiger partial charge is 0.127 e. The van der Waals surface area contributed by atoms with Crippen molar-refractivity contribution in [3.63, 3.8) is 0 Å². The first-order chi connectivity index (χ1) is 13.8. The number of aryl methyl sites for hydroxylation is 1. The lowest BCUT2D eigenvalue weighted by Gasteiger charge is -2.31. The summed E-state index contributed by atoms with van der Waals surface area (Å²) < 4.78 is 6.14. The maximum absolute atomic E-state index is 10.5. The van der Waals surface area contributed by atoms with E-state index in [4.69, 9.17) is 4.74 Å². The summed E-state index contributed by atoms with van der Waals surface area (Å²) in [4.78, 5) is 3.16. The van der Waals surface area contributed by atoms with Gasteiger partial charge in [0.25, 0.3) is 0 Å². The van der Waals surface area contributed by atoms with Crippen molar-refractivity contribution in [2.24, 2.45) is 0 Å².